The van der Waals surface area contributed by atoms with Crippen LogP contribution >= 0.6 is 11.3 Å². The van der Waals surface area contributed by atoms with E-state index in [1.807, 2.05) is 26.1 Å². The molecule has 1 N–H and O–H groups in total. The first-order valence-electron chi connectivity index (χ1n) is 13.6. The highest BCUT2D eigenvalue weighted by Crippen LogP contribution is 2.28. The fourth-order valence-electron chi connectivity index (χ4n) is 6.13. The molecule has 4 amide bonds. The number of anilines is 1. The summed E-state index contributed by atoms with van der Waals surface area (Å²) < 4.78 is 0. The molecule has 36 heavy (non-hydrogen) atoms. The minimum atomic E-state index is -0.0288. The Bertz CT molecular complexity index is 930. The SMILES string of the molecule is CN1CCN(C2CCN(C(=O)CCC(=O)N3CCC(N4CCc5sccc5NC4=O)CC3)CC2)CC1. The number of piperidine rings is 2. The van der Waals surface area contributed by atoms with Gasteiger partial charge in [0.2, 0.25) is 11.8 Å². The molecule has 0 unspecified atom stereocenters. The van der Waals surface area contributed by atoms with Gasteiger partial charge in [0.25, 0.3) is 0 Å². The zero-order valence-corrected chi connectivity index (χ0v) is 22.3. The summed E-state index contributed by atoms with van der Waals surface area (Å²) in [5.74, 6) is 0.181. The first kappa shape index (κ1) is 25.5. The number of rotatable bonds is 5. The van der Waals surface area contributed by atoms with Crippen molar-refractivity contribution in [3.63, 3.8) is 0 Å². The number of nitrogens with zero attached hydrogens (tertiary/aromatic N) is 5. The van der Waals surface area contributed by atoms with Crippen molar-refractivity contribution in [3.8, 4) is 0 Å². The van der Waals surface area contributed by atoms with Gasteiger partial charge in [-0.15, -0.1) is 11.3 Å². The van der Waals surface area contributed by atoms with Crippen molar-refractivity contribution in [1.29, 1.82) is 0 Å². The number of hydrogen-bond acceptors (Lipinski definition) is 6. The van der Waals surface area contributed by atoms with Gasteiger partial charge in [-0.05, 0) is 44.2 Å². The lowest BCUT2D eigenvalue weighted by molar-refractivity contribution is -0.138. The standard InChI is InChI=1S/C26H40N6O3S/c1-28-15-17-29(18-16-28)20-4-10-30(11-5-20)24(33)2-3-25(34)31-12-6-21(7-13-31)32-14-8-23-22(9-19-36-23)27-26(32)35/h9,19-21H,2-8,10-18H2,1H3,(H,27,35). The van der Waals surface area contributed by atoms with Gasteiger partial charge in [-0.2, -0.15) is 0 Å². The molecule has 0 atom stereocenters. The minimum Gasteiger partial charge on any atom is -0.343 e. The number of thiophene rings is 1. The summed E-state index contributed by atoms with van der Waals surface area (Å²) in [7, 11) is 2.18. The molecule has 9 nitrogen and oxygen atoms in total. The van der Waals surface area contributed by atoms with Gasteiger partial charge in [-0.25, -0.2) is 4.79 Å². The first-order valence-corrected chi connectivity index (χ1v) is 14.5. The molecular formula is C26H40N6O3S. The lowest BCUT2D eigenvalue weighted by Crippen LogP contribution is -2.53. The van der Waals surface area contributed by atoms with E-state index < -0.39 is 0 Å². The van der Waals surface area contributed by atoms with Crippen molar-refractivity contribution in [3.05, 3.63) is 16.3 Å². The Kier molecular flexibility index (Phi) is 8.12. The van der Waals surface area contributed by atoms with Crippen molar-refractivity contribution in [1.82, 2.24) is 24.5 Å². The molecule has 10 heteroatoms. The number of hydrogen-bond donors (Lipinski definition) is 1. The highest BCUT2D eigenvalue weighted by atomic mass is 32.1. The van der Waals surface area contributed by atoms with Gasteiger partial charge in [-0.1, -0.05) is 0 Å². The van der Waals surface area contributed by atoms with Crippen LogP contribution in [0.15, 0.2) is 11.4 Å². The summed E-state index contributed by atoms with van der Waals surface area (Å²) in [5.41, 5.74) is 0.938. The van der Waals surface area contributed by atoms with E-state index >= 15 is 0 Å². The quantitative estimate of drug-likeness (QED) is 0.649. The number of likely N-dealkylation sites (N-methyl/N-ethyl adjacent to an activating group) is 1. The Morgan fingerprint density at radius 3 is 2.06 bits per heavy atom. The third kappa shape index (κ3) is 5.86. The molecule has 0 radical (unpaired) electrons. The molecule has 0 aliphatic carbocycles. The number of carbonyl (C=O) groups is 3. The fourth-order valence-corrected chi connectivity index (χ4v) is 6.95. The van der Waals surface area contributed by atoms with Gasteiger partial charge in [0.15, 0.2) is 0 Å². The second kappa shape index (κ2) is 11.5. The molecule has 4 aliphatic rings. The van der Waals surface area contributed by atoms with E-state index in [0.717, 1.165) is 83.6 Å². The number of carbonyl (C=O) groups excluding carboxylic acids is 3. The average molecular weight is 517 g/mol. The first-order chi connectivity index (χ1) is 17.5. The molecule has 4 aliphatic heterocycles. The van der Waals surface area contributed by atoms with Crippen LogP contribution in [0.3, 0.4) is 0 Å². The molecule has 198 valence electrons. The molecule has 0 saturated carbocycles. The van der Waals surface area contributed by atoms with E-state index in [2.05, 4.69) is 22.2 Å². The molecule has 5 rings (SSSR count). The smallest absolute Gasteiger partial charge is 0.322 e. The fraction of sp³-hybridized carbons (Fsp3) is 0.731. The van der Waals surface area contributed by atoms with Crippen LogP contribution in [0, 0.1) is 0 Å². The van der Waals surface area contributed by atoms with Crippen LogP contribution in [-0.4, -0.2) is 120 Å². The monoisotopic (exact) mass is 516 g/mol. The Balaban J connectivity index is 1.01. The Labute approximate surface area is 218 Å². The molecule has 3 fully saturated rings. The van der Waals surface area contributed by atoms with Crippen LogP contribution in [0.1, 0.15) is 43.4 Å². The van der Waals surface area contributed by atoms with E-state index in [0.29, 0.717) is 25.6 Å². The summed E-state index contributed by atoms with van der Waals surface area (Å²) in [5, 5.41) is 5.06. The number of amides is 4. The maximum absolute atomic E-state index is 12.8. The van der Waals surface area contributed by atoms with E-state index in [-0.39, 0.29) is 30.3 Å². The van der Waals surface area contributed by atoms with Gasteiger partial charge in [0.05, 0.1) is 5.69 Å². The maximum Gasteiger partial charge on any atom is 0.322 e. The van der Waals surface area contributed by atoms with Crippen LogP contribution in [0.25, 0.3) is 0 Å². The van der Waals surface area contributed by atoms with Gasteiger partial charge in [0.1, 0.15) is 0 Å². The number of fused-ring (bicyclic) bond motifs is 1. The molecular weight excluding hydrogens is 476 g/mol. The Morgan fingerprint density at radius 2 is 1.44 bits per heavy atom. The van der Waals surface area contributed by atoms with Crippen LogP contribution in [0.2, 0.25) is 0 Å². The number of urea groups is 1. The van der Waals surface area contributed by atoms with E-state index in [1.54, 1.807) is 11.3 Å². The van der Waals surface area contributed by atoms with E-state index in [1.165, 1.54) is 4.88 Å². The van der Waals surface area contributed by atoms with E-state index in [4.69, 9.17) is 0 Å². The normalized spacial score (nSPS) is 23.4. The molecule has 1 aromatic rings. The van der Waals surface area contributed by atoms with Crippen LogP contribution in [0.4, 0.5) is 10.5 Å². The summed E-state index contributed by atoms with van der Waals surface area (Å²) in [6.45, 7) is 8.13. The van der Waals surface area contributed by atoms with Gasteiger partial charge < -0.3 is 24.9 Å². The maximum atomic E-state index is 12.8. The van der Waals surface area contributed by atoms with Crippen LogP contribution in [0.5, 0.6) is 0 Å². The number of piperazine rings is 1. The average Bonchev–Trinajstić information content (AvgIpc) is 3.28. The van der Waals surface area contributed by atoms with Crippen molar-refractivity contribution in [2.75, 3.05) is 71.3 Å². The largest absolute Gasteiger partial charge is 0.343 e. The lowest BCUT2D eigenvalue weighted by atomic mass is 10.0. The predicted molar refractivity (Wildman–Crippen MR) is 141 cm³/mol. The highest BCUT2D eigenvalue weighted by molar-refractivity contribution is 7.10. The zero-order valence-electron chi connectivity index (χ0n) is 21.5. The van der Waals surface area contributed by atoms with Crippen molar-refractivity contribution >= 4 is 34.9 Å². The van der Waals surface area contributed by atoms with Gasteiger partial charge in [-0.3, -0.25) is 14.5 Å². The van der Waals surface area contributed by atoms with Crippen molar-refractivity contribution < 1.29 is 14.4 Å². The highest BCUT2D eigenvalue weighted by Gasteiger charge is 2.32. The molecule has 3 saturated heterocycles. The molecule has 0 spiro atoms. The zero-order chi connectivity index (χ0) is 25.1. The third-order valence-electron chi connectivity index (χ3n) is 8.51. The van der Waals surface area contributed by atoms with Gasteiger partial charge >= 0.3 is 6.03 Å². The van der Waals surface area contributed by atoms with E-state index in [9.17, 15) is 14.4 Å². The van der Waals surface area contributed by atoms with Crippen molar-refractivity contribution in [2.45, 2.75) is 57.0 Å². The lowest BCUT2D eigenvalue weighted by Gasteiger charge is -2.42. The number of nitrogens with one attached hydrogen (secondary N) is 1. The predicted octanol–water partition coefficient (Wildman–Crippen LogP) is 2.15. The Hall–Kier alpha value is -2.17. The van der Waals surface area contributed by atoms with Crippen molar-refractivity contribution in [2.24, 2.45) is 0 Å². The summed E-state index contributed by atoms with van der Waals surface area (Å²) in [4.78, 5) is 50.4. The van der Waals surface area contributed by atoms with Gasteiger partial charge in [0, 0.05) is 95.1 Å². The minimum absolute atomic E-state index is 0.0288. The summed E-state index contributed by atoms with van der Waals surface area (Å²) >= 11 is 1.69. The summed E-state index contributed by atoms with van der Waals surface area (Å²) in [6, 6.07) is 2.69. The van der Waals surface area contributed by atoms with Crippen LogP contribution in [-0.2, 0) is 16.0 Å². The van der Waals surface area contributed by atoms with Crippen LogP contribution < -0.4 is 5.32 Å². The topological polar surface area (TPSA) is 79.4 Å². The second-order valence-electron chi connectivity index (χ2n) is 10.7. The number of likely N-dealkylation sites (tertiary alicyclic amines) is 2. The molecule has 0 bridgehead atoms. The third-order valence-corrected chi connectivity index (χ3v) is 9.49. The summed E-state index contributed by atoms with van der Waals surface area (Å²) in [6.07, 6.45) is 5.12. The molecule has 5 heterocycles. The second-order valence-corrected chi connectivity index (χ2v) is 11.7. The molecule has 1 aromatic heterocycles. The Morgan fingerprint density at radius 1 is 0.861 bits per heavy atom. The molecule has 0 aromatic carbocycles.